The number of nitrogens with zero attached hydrogens (tertiary/aromatic N) is 2. The van der Waals surface area contributed by atoms with Crippen LogP contribution in [0.4, 0.5) is 0 Å². The molecule has 3 heterocycles. The maximum atomic E-state index is 3.96. The third-order valence-corrected chi connectivity index (χ3v) is 2.39. The van der Waals surface area contributed by atoms with Crippen LogP contribution in [0.25, 0.3) is 0 Å². The van der Waals surface area contributed by atoms with Gasteiger partial charge in [0.15, 0.2) is 0 Å². The van der Waals surface area contributed by atoms with Crippen molar-refractivity contribution in [2.24, 2.45) is 5.10 Å². The van der Waals surface area contributed by atoms with Crippen molar-refractivity contribution < 1.29 is 0 Å². The molecule has 3 heteroatoms. The third kappa shape index (κ3) is 0.446. The standard InChI is InChI=1S/C6H11N3/c1-4-6-5(2)9(4)3-7-8-6/h3-6,8H,1-2H3/t4-,5?,6?/m1/s1. The van der Waals surface area contributed by atoms with Crippen molar-refractivity contribution in [2.45, 2.75) is 32.0 Å². The number of hydrazone groups is 1. The highest BCUT2D eigenvalue weighted by molar-refractivity contribution is 5.59. The monoisotopic (exact) mass is 125 g/mol. The molecular formula is C6H11N3. The van der Waals surface area contributed by atoms with E-state index >= 15 is 0 Å². The van der Waals surface area contributed by atoms with Crippen molar-refractivity contribution in [3.05, 3.63) is 0 Å². The van der Waals surface area contributed by atoms with Crippen LogP contribution in [0.15, 0.2) is 5.10 Å². The van der Waals surface area contributed by atoms with Crippen LogP contribution in [0, 0.1) is 0 Å². The van der Waals surface area contributed by atoms with Crippen LogP contribution >= 0.6 is 0 Å². The van der Waals surface area contributed by atoms with E-state index in [1.54, 1.807) is 0 Å². The molecule has 0 radical (unpaired) electrons. The summed E-state index contributed by atoms with van der Waals surface area (Å²) in [6.45, 7) is 4.42. The Bertz CT molecular complexity index is 144. The fourth-order valence-corrected chi connectivity index (χ4v) is 1.66. The van der Waals surface area contributed by atoms with Gasteiger partial charge in [0.05, 0.1) is 18.1 Å². The summed E-state index contributed by atoms with van der Waals surface area (Å²) >= 11 is 0. The molecule has 9 heavy (non-hydrogen) atoms. The van der Waals surface area contributed by atoms with E-state index in [4.69, 9.17) is 0 Å². The summed E-state index contributed by atoms with van der Waals surface area (Å²) in [6, 6.07) is 1.89. The van der Waals surface area contributed by atoms with Gasteiger partial charge in [0.1, 0.15) is 6.34 Å². The zero-order valence-corrected chi connectivity index (χ0v) is 5.70. The maximum absolute atomic E-state index is 3.96. The first-order valence-electron chi connectivity index (χ1n) is 3.37. The largest absolute Gasteiger partial charge is 0.351 e. The quantitative estimate of drug-likeness (QED) is 0.493. The zero-order valence-electron chi connectivity index (χ0n) is 5.70. The zero-order chi connectivity index (χ0) is 6.43. The second kappa shape index (κ2) is 1.40. The van der Waals surface area contributed by atoms with E-state index in [2.05, 4.69) is 29.3 Å². The molecular weight excluding hydrogens is 114 g/mol. The molecule has 0 saturated carbocycles. The predicted molar refractivity (Wildman–Crippen MR) is 36.2 cm³/mol. The highest BCUT2D eigenvalue weighted by Gasteiger charge is 2.43. The predicted octanol–water partition coefficient (Wildman–Crippen LogP) is -0.00590. The summed E-state index contributed by atoms with van der Waals surface area (Å²) in [7, 11) is 0. The molecule has 0 spiro atoms. The van der Waals surface area contributed by atoms with Crippen LogP contribution in [-0.4, -0.2) is 29.4 Å². The molecule has 3 nitrogen and oxygen atoms in total. The van der Waals surface area contributed by atoms with Crippen molar-refractivity contribution in [1.29, 1.82) is 0 Å². The Labute approximate surface area is 54.7 Å². The molecule has 1 saturated heterocycles. The number of fused-ring (bicyclic) bond motifs is 1. The van der Waals surface area contributed by atoms with Gasteiger partial charge in [-0.05, 0) is 13.8 Å². The molecule has 3 rings (SSSR count). The van der Waals surface area contributed by atoms with E-state index in [1.165, 1.54) is 0 Å². The minimum absolute atomic E-state index is 0.593. The normalized spacial score (nSPS) is 46.0. The van der Waals surface area contributed by atoms with E-state index in [0.717, 1.165) is 0 Å². The van der Waals surface area contributed by atoms with Gasteiger partial charge in [0, 0.05) is 0 Å². The lowest BCUT2D eigenvalue weighted by molar-refractivity contribution is 0.0514. The first-order chi connectivity index (χ1) is 4.30. The van der Waals surface area contributed by atoms with E-state index in [-0.39, 0.29) is 0 Å². The van der Waals surface area contributed by atoms with Crippen LogP contribution in [0.5, 0.6) is 0 Å². The molecule has 1 fully saturated rings. The second-order valence-corrected chi connectivity index (χ2v) is 2.83. The minimum atomic E-state index is 0.593. The average Bonchev–Trinajstić information content (AvgIpc) is 1.91. The van der Waals surface area contributed by atoms with E-state index in [1.807, 2.05) is 6.34 Å². The lowest BCUT2D eigenvalue weighted by Crippen LogP contribution is -2.71. The molecule has 0 aromatic rings. The molecule has 1 N–H and O–H groups in total. The third-order valence-electron chi connectivity index (χ3n) is 2.39. The molecule has 0 aromatic carbocycles. The molecule has 2 unspecified atom stereocenters. The Hall–Kier alpha value is -0.730. The molecule has 0 aromatic heterocycles. The number of hydrogen-bond acceptors (Lipinski definition) is 3. The average molecular weight is 125 g/mol. The summed E-state index contributed by atoms with van der Waals surface area (Å²) in [6.07, 6.45) is 1.88. The van der Waals surface area contributed by atoms with Crippen molar-refractivity contribution >= 4 is 6.34 Å². The van der Waals surface area contributed by atoms with Gasteiger partial charge >= 0.3 is 0 Å². The van der Waals surface area contributed by atoms with E-state index in [0.29, 0.717) is 18.1 Å². The summed E-state index contributed by atoms with van der Waals surface area (Å²) < 4.78 is 0. The Balaban J connectivity index is 2.21. The summed E-state index contributed by atoms with van der Waals surface area (Å²) in [5.74, 6) is 0. The van der Waals surface area contributed by atoms with Crippen molar-refractivity contribution in [3.63, 3.8) is 0 Å². The summed E-state index contributed by atoms with van der Waals surface area (Å²) in [5.41, 5.74) is 3.08. The Morgan fingerprint density at radius 2 is 2.11 bits per heavy atom. The second-order valence-electron chi connectivity index (χ2n) is 2.83. The number of nitrogens with one attached hydrogen (secondary N) is 1. The molecule has 3 aliphatic rings. The van der Waals surface area contributed by atoms with Gasteiger partial charge in [-0.1, -0.05) is 0 Å². The van der Waals surface area contributed by atoms with Crippen LogP contribution in [0.2, 0.25) is 0 Å². The molecule has 0 aliphatic carbocycles. The van der Waals surface area contributed by atoms with Gasteiger partial charge in [-0.2, -0.15) is 5.10 Å². The molecule has 3 atom stereocenters. The SMILES string of the molecule is CC1C2NN=CN1[C@@H]2C. The molecule has 50 valence electrons. The molecule has 0 amide bonds. The van der Waals surface area contributed by atoms with Gasteiger partial charge in [0.2, 0.25) is 0 Å². The fraction of sp³-hybridized carbons (Fsp3) is 0.833. The van der Waals surface area contributed by atoms with Crippen molar-refractivity contribution in [3.8, 4) is 0 Å². The van der Waals surface area contributed by atoms with Gasteiger partial charge in [-0.15, -0.1) is 0 Å². The lowest BCUT2D eigenvalue weighted by Gasteiger charge is -2.53. The molecule has 3 aliphatic heterocycles. The number of rotatable bonds is 0. The van der Waals surface area contributed by atoms with Gasteiger partial charge < -0.3 is 10.3 Å². The smallest absolute Gasteiger partial charge is 0.111 e. The lowest BCUT2D eigenvalue weighted by atomic mass is 9.90. The Morgan fingerprint density at radius 1 is 1.44 bits per heavy atom. The fourth-order valence-electron chi connectivity index (χ4n) is 1.66. The Morgan fingerprint density at radius 3 is 2.33 bits per heavy atom. The van der Waals surface area contributed by atoms with Crippen LogP contribution in [-0.2, 0) is 0 Å². The summed E-state index contributed by atoms with van der Waals surface area (Å²) in [5, 5.41) is 3.96. The Kier molecular flexibility index (Phi) is 0.793. The van der Waals surface area contributed by atoms with Gasteiger partial charge in [0.25, 0.3) is 0 Å². The topological polar surface area (TPSA) is 27.6 Å². The highest BCUT2D eigenvalue weighted by Crippen LogP contribution is 2.25. The van der Waals surface area contributed by atoms with Crippen LogP contribution in [0.1, 0.15) is 13.8 Å². The van der Waals surface area contributed by atoms with Crippen molar-refractivity contribution in [1.82, 2.24) is 10.3 Å². The minimum Gasteiger partial charge on any atom is -0.351 e. The van der Waals surface area contributed by atoms with Gasteiger partial charge in [-0.25, -0.2) is 0 Å². The van der Waals surface area contributed by atoms with E-state index in [9.17, 15) is 0 Å². The van der Waals surface area contributed by atoms with Gasteiger partial charge in [-0.3, -0.25) is 0 Å². The van der Waals surface area contributed by atoms with Crippen LogP contribution in [0.3, 0.4) is 0 Å². The first-order valence-corrected chi connectivity index (χ1v) is 3.37. The summed E-state index contributed by atoms with van der Waals surface area (Å²) in [4.78, 5) is 2.27. The number of hydrogen-bond donors (Lipinski definition) is 1. The highest BCUT2D eigenvalue weighted by atomic mass is 15.5. The van der Waals surface area contributed by atoms with Crippen molar-refractivity contribution in [2.75, 3.05) is 0 Å². The first kappa shape index (κ1) is 5.09. The van der Waals surface area contributed by atoms with E-state index < -0.39 is 0 Å². The van der Waals surface area contributed by atoms with Crippen LogP contribution < -0.4 is 5.43 Å². The molecule has 2 bridgehead atoms. The maximum Gasteiger partial charge on any atom is 0.111 e.